The maximum absolute atomic E-state index is 11.9. The van der Waals surface area contributed by atoms with Gasteiger partial charge >= 0.3 is 0 Å². The van der Waals surface area contributed by atoms with Crippen LogP contribution in [0.1, 0.15) is 33.1 Å². The lowest BCUT2D eigenvalue weighted by Crippen LogP contribution is -2.52. The predicted molar refractivity (Wildman–Crippen MR) is 70.1 cm³/mol. The quantitative estimate of drug-likeness (QED) is 0.535. The zero-order chi connectivity index (χ0) is 13.6. The van der Waals surface area contributed by atoms with Gasteiger partial charge in [-0.25, -0.2) is 0 Å². The lowest BCUT2D eigenvalue weighted by atomic mass is 9.85. The molecule has 0 radical (unpaired) electrons. The van der Waals surface area contributed by atoms with E-state index in [1.54, 1.807) is 6.92 Å². The minimum absolute atomic E-state index is 0.0985. The highest BCUT2D eigenvalue weighted by Gasteiger charge is 2.27. The number of aliphatic hydroxyl groups is 2. The fraction of sp³-hybridized carbons (Fsp3) is 0.923. The number of carbonyl (C=O) groups is 1. The van der Waals surface area contributed by atoms with Gasteiger partial charge in [0.05, 0.1) is 18.8 Å². The van der Waals surface area contributed by atoms with E-state index in [9.17, 15) is 4.79 Å². The smallest absolute Gasteiger partial charge is 0.220 e. The summed E-state index contributed by atoms with van der Waals surface area (Å²) in [6.45, 7) is 5.27. The molecule has 1 rings (SSSR count). The van der Waals surface area contributed by atoms with Crippen LogP contribution in [0.3, 0.4) is 0 Å². The van der Waals surface area contributed by atoms with Gasteiger partial charge < -0.3 is 20.8 Å². The van der Waals surface area contributed by atoms with Crippen molar-refractivity contribution in [2.24, 2.45) is 11.8 Å². The Bertz CT molecular complexity index is 261. The number of aliphatic hydroxyl groups excluding tert-OH is 2. The molecule has 2 atom stereocenters. The van der Waals surface area contributed by atoms with Crippen LogP contribution in [0.25, 0.3) is 0 Å². The number of rotatable bonds is 6. The molecule has 0 aromatic heterocycles. The van der Waals surface area contributed by atoms with Gasteiger partial charge in [-0.1, -0.05) is 6.92 Å². The maximum atomic E-state index is 11.9. The Hall–Kier alpha value is -0.650. The van der Waals surface area contributed by atoms with E-state index in [4.69, 9.17) is 10.2 Å². The molecule has 1 saturated heterocycles. The van der Waals surface area contributed by atoms with E-state index >= 15 is 0 Å². The Morgan fingerprint density at radius 3 is 2.67 bits per heavy atom. The van der Waals surface area contributed by atoms with Crippen LogP contribution in [0, 0.1) is 11.8 Å². The molecule has 4 N–H and O–H groups in total. The minimum Gasteiger partial charge on any atom is -0.394 e. The van der Waals surface area contributed by atoms with E-state index in [-0.39, 0.29) is 19.1 Å². The van der Waals surface area contributed by atoms with Crippen LogP contribution in [0.15, 0.2) is 0 Å². The predicted octanol–water partition coefficient (Wildman–Crippen LogP) is -0.128. The molecule has 1 heterocycles. The largest absolute Gasteiger partial charge is 0.394 e. The highest BCUT2D eigenvalue weighted by atomic mass is 16.3. The Labute approximate surface area is 109 Å². The van der Waals surface area contributed by atoms with E-state index in [1.165, 1.54) is 12.8 Å². The first-order valence-corrected chi connectivity index (χ1v) is 6.74. The van der Waals surface area contributed by atoms with E-state index < -0.39 is 5.54 Å². The number of amides is 1. The molecule has 2 unspecified atom stereocenters. The Kier molecular flexibility index (Phi) is 6.05. The Morgan fingerprint density at radius 1 is 1.50 bits per heavy atom. The normalized spacial score (nSPS) is 22.6. The lowest BCUT2D eigenvalue weighted by Gasteiger charge is -2.30. The molecule has 1 aliphatic rings. The summed E-state index contributed by atoms with van der Waals surface area (Å²) in [6.07, 6.45) is 2.78. The van der Waals surface area contributed by atoms with Crippen molar-refractivity contribution in [3.05, 3.63) is 0 Å². The monoisotopic (exact) mass is 258 g/mol. The van der Waals surface area contributed by atoms with Crippen LogP contribution >= 0.6 is 0 Å². The molecule has 0 saturated carbocycles. The zero-order valence-electron chi connectivity index (χ0n) is 11.4. The molecule has 0 aromatic carbocycles. The minimum atomic E-state index is -0.915. The molecule has 1 fully saturated rings. The molecule has 0 spiro atoms. The van der Waals surface area contributed by atoms with Crippen LogP contribution in [0.5, 0.6) is 0 Å². The number of hydrogen-bond donors (Lipinski definition) is 4. The van der Waals surface area contributed by atoms with E-state index in [0.717, 1.165) is 13.1 Å². The third-order valence-electron chi connectivity index (χ3n) is 3.79. The van der Waals surface area contributed by atoms with E-state index in [2.05, 4.69) is 17.6 Å². The summed E-state index contributed by atoms with van der Waals surface area (Å²) < 4.78 is 0. The van der Waals surface area contributed by atoms with Gasteiger partial charge in [0, 0.05) is 6.42 Å². The first-order chi connectivity index (χ1) is 8.50. The van der Waals surface area contributed by atoms with Crippen LogP contribution in [0.2, 0.25) is 0 Å². The zero-order valence-corrected chi connectivity index (χ0v) is 11.4. The molecule has 1 amide bonds. The summed E-state index contributed by atoms with van der Waals surface area (Å²) in [6, 6.07) is 0. The third-order valence-corrected chi connectivity index (χ3v) is 3.79. The second-order valence-electron chi connectivity index (χ2n) is 5.71. The number of carbonyl (C=O) groups excluding carboxylic acids is 1. The van der Waals surface area contributed by atoms with Gasteiger partial charge in [-0.15, -0.1) is 0 Å². The molecular weight excluding hydrogens is 232 g/mol. The topological polar surface area (TPSA) is 81.6 Å². The lowest BCUT2D eigenvalue weighted by molar-refractivity contribution is -0.125. The van der Waals surface area contributed by atoms with Crippen LogP contribution in [-0.2, 0) is 4.79 Å². The van der Waals surface area contributed by atoms with Crippen LogP contribution in [-0.4, -0.2) is 48.0 Å². The molecule has 5 nitrogen and oxygen atoms in total. The van der Waals surface area contributed by atoms with Gasteiger partial charge in [0.1, 0.15) is 0 Å². The highest BCUT2D eigenvalue weighted by Crippen LogP contribution is 2.22. The SMILES string of the molecule is CC(CC(=O)NC(C)(CO)CO)C1CCCNC1. The molecule has 18 heavy (non-hydrogen) atoms. The second-order valence-corrected chi connectivity index (χ2v) is 5.71. The summed E-state index contributed by atoms with van der Waals surface area (Å²) in [5.74, 6) is 0.761. The van der Waals surface area contributed by atoms with Crippen LogP contribution < -0.4 is 10.6 Å². The summed E-state index contributed by atoms with van der Waals surface area (Å²) in [5, 5.41) is 24.3. The Morgan fingerprint density at radius 2 is 2.17 bits per heavy atom. The molecule has 0 bridgehead atoms. The molecule has 0 aliphatic carbocycles. The number of hydrogen-bond acceptors (Lipinski definition) is 4. The molecule has 106 valence electrons. The average Bonchev–Trinajstić information content (AvgIpc) is 2.39. The van der Waals surface area contributed by atoms with Crippen molar-refractivity contribution in [3.8, 4) is 0 Å². The highest BCUT2D eigenvalue weighted by molar-refractivity contribution is 5.77. The van der Waals surface area contributed by atoms with Crippen molar-refractivity contribution in [1.29, 1.82) is 0 Å². The van der Waals surface area contributed by atoms with Gasteiger partial charge in [-0.2, -0.15) is 0 Å². The molecule has 5 heteroatoms. The van der Waals surface area contributed by atoms with Crippen molar-refractivity contribution < 1.29 is 15.0 Å². The standard InChI is InChI=1S/C13H26N2O3/c1-10(11-4-3-5-14-7-11)6-12(18)15-13(2,8-16)9-17/h10-11,14,16-17H,3-9H2,1-2H3,(H,15,18). The van der Waals surface area contributed by atoms with Gasteiger partial charge in [0.25, 0.3) is 0 Å². The van der Waals surface area contributed by atoms with Gasteiger partial charge in [-0.05, 0) is 44.7 Å². The van der Waals surface area contributed by atoms with Crippen molar-refractivity contribution in [2.75, 3.05) is 26.3 Å². The maximum Gasteiger partial charge on any atom is 0.220 e. The summed E-state index contributed by atoms with van der Waals surface area (Å²) in [5.41, 5.74) is -0.915. The van der Waals surface area contributed by atoms with Gasteiger partial charge in [0.2, 0.25) is 5.91 Å². The van der Waals surface area contributed by atoms with Crippen molar-refractivity contribution in [2.45, 2.75) is 38.6 Å². The summed E-state index contributed by atoms with van der Waals surface area (Å²) in [7, 11) is 0. The van der Waals surface area contributed by atoms with Crippen molar-refractivity contribution in [1.82, 2.24) is 10.6 Å². The second kappa shape index (κ2) is 7.07. The average molecular weight is 258 g/mol. The molecular formula is C13H26N2O3. The van der Waals surface area contributed by atoms with E-state index in [1.807, 2.05) is 0 Å². The van der Waals surface area contributed by atoms with Gasteiger partial charge in [0.15, 0.2) is 0 Å². The fourth-order valence-corrected chi connectivity index (χ4v) is 2.34. The number of nitrogens with one attached hydrogen (secondary N) is 2. The first-order valence-electron chi connectivity index (χ1n) is 6.74. The van der Waals surface area contributed by atoms with Crippen LogP contribution in [0.4, 0.5) is 0 Å². The van der Waals surface area contributed by atoms with Crippen molar-refractivity contribution in [3.63, 3.8) is 0 Å². The van der Waals surface area contributed by atoms with Gasteiger partial charge in [-0.3, -0.25) is 4.79 Å². The Balaban J connectivity index is 2.39. The van der Waals surface area contributed by atoms with Crippen molar-refractivity contribution >= 4 is 5.91 Å². The molecule has 0 aromatic rings. The first kappa shape index (κ1) is 15.4. The summed E-state index contributed by atoms with van der Waals surface area (Å²) in [4.78, 5) is 11.9. The van der Waals surface area contributed by atoms with E-state index in [0.29, 0.717) is 18.3 Å². The summed E-state index contributed by atoms with van der Waals surface area (Å²) >= 11 is 0. The molecule has 1 aliphatic heterocycles. The third kappa shape index (κ3) is 4.55. The fourth-order valence-electron chi connectivity index (χ4n) is 2.34. The number of piperidine rings is 1.